The van der Waals surface area contributed by atoms with Crippen LogP contribution >= 0.6 is 0 Å². The van der Waals surface area contributed by atoms with Crippen molar-refractivity contribution in [2.45, 2.75) is 25.2 Å². The molecule has 2 heterocycles. The summed E-state index contributed by atoms with van der Waals surface area (Å²) in [5, 5.41) is 25.0. The van der Waals surface area contributed by atoms with Gasteiger partial charge < -0.3 is 40.6 Å². The number of carboxylic acid groups (broad SMARTS) is 1. The molecule has 11 heteroatoms. The zero-order valence-corrected chi connectivity index (χ0v) is 18.6. The first-order valence-electron chi connectivity index (χ1n) is 10.9. The predicted molar refractivity (Wildman–Crippen MR) is 124 cm³/mol. The number of ether oxygens (including phenoxy) is 3. The van der Waals surface area contributed by atoms with E-state index in [0.29, 0.717) is 55.6 Å². The van der Waals surface area contributed by atoms with Crippen molar-refractivity contribution in [3.63, 3.8) is 0 Å². The van der Waals surface area contributed by atoms with Crippen LogP contribution in [0.5, 0.6) is 17.2 Å². The summed E-state index contributed by atoms with van der Waals surface area (Å²) in [5.41, 5.74) is 12.4. The fraction of sp³-hybridized carbons (Fsp3) is 0.348. The first-order valence-corrected chi connectivity index (χ1v) is 10.9. The lowest BCUT2D eigenvalue weighted by molar-refractivity contribution is -0.145. The SMILES string of the molecule is N=C(N)N1CCOc2ccc(OC(C(=O)O)c3ccc(OC4CCN(C(=N)N)C4)cc3)cc2C1. The molecular formula is C23H28N6O5. The van der Waals surface area contributed by atoms with Crippen LogP contribution in [0.25, 0.3) is 0 Å². The zero-order chi connectivity index (χ0) is 24.2. The number of hydrogen-bond donors (Lipinski definition) is 5. The summed E-state index contributed by atoms with van der Waals surface area (Å²) in [4.78, 5) is 15.4. The largest absolute Gasteiger partial charge is 0.491 e. The molecule has 0 bridgehead atoms. The van der Waals surface area contributed by atoms with E-state index >= 15 is 0 Å². The van der Waals surface area contributed by atoms with Crippen molar-refractivity contribution in [1.29, 1.82) is 10.8 Å². The van der Waals surface area contributed by atoms with Gasteiger partial charge in [0.25, 0.3) is 0 Å². The molecule has 4 rings (SSSR count). The summed E-state index contributed by atoms with van der Waals surface area (Å²) >= 11 is 0. The number of fused-ring (bicyclic) bond motifs is 1. The second-order valence-corrected chi connectivity index (χ2v) is 8.19. The summed E-state index contributed by atoms with van der Waals surface area (Å²) in [6.07, 6.45) is -0.550. The van der Waals surface area contributed by atoms with Crippen LogP contribution in [0.3, 0.4) is 0 Å². The lowest BCUT2D eigenvalue weighted by atomic mass is 10.1. The van der Waals surface area contributed by atoms with E-state index in [4.69, 9.17) is 36.5 Å². The summed E-state index contributed by atoms with van der Waals surface area (Å²) < 4.78 is 17.5. The molecule has 2 aliphatic rings. The number of rotatable bonds is 6. The van der Waals surface area contributed by atoms with E-state index in [1.165, 1.54) is 0 Å². The molecule has 0 spiro atoms. The van der Waals surface area contributed by atoms with Crippen molar-refractivity contribution in [2.24, 2.45) is 11.5 Å². The smallest absolute Gasteiger partial charge is 0.349 e. The average molecular weight is 469 g/mol. The highest BCUT2D eigenvalue weighted by Gasteiger charge is 2.26. The Kier molecular flexibility index (Phi) is 6.62. The van der Waals surface area contributed by atoms with Gasteiger partial charge in [0.15, 0.2) is 11.9 Å². The van der Waals surface area contributed by atoms with Crippen molar-refractivity contribution in [3.8, 4) is 17.2 Å². The van der Waals surface area contributed by atoms with Crippen molar-refractivity contribution < 1.29 is 24.1 Å². The molecule has 180 valence electrons. The number of nitrogens with one attached hydrogen (secondary N) is 2. The Labute approximate surface area is 196 Å². The molecule has 11 nitrogen and oxygen atoms in total. The number of hydrogen-bond acceptors (Lipinski definition) is 6. The average Bonchev–Trinajstić information content (AvgIpc) is 3.16. The topological polar surface area (TPSA) is 171 Å². The van der Waals surface area contributed by atoms with Crippen molar-refractivity contribution in [2.75, 3.05) is 26.2 Å². The molecule has 2 aliphatic heterocycles. The van der Waals surface area contributed by atoms with Gasteiger partial charge in [-0.1, -0.05) is 12.1 Å². The third kappa shape index (κ3) is 5.25. The first-order chi connectivity index (χ1) is 16.3. The van der Waals surface area contributed by atoms with Crippen molar-refractivity contribution in [1.82, 2.24) is 9.80 Å². The number of nitrogens with two attached hydrogens (primary N) is 2. The van der Waals surface area contributed by atoms with Gasteiger partial charge in [0, 0.05) is 30.6 Å². The number of benzene rings is 2. The van der Waals surface area contributed by atoms with Crippen LogP contribution in [0.1, 0.15) is 23.7 Å². The Morgan fingerprint density at radius 2 is 1.76 bits per heavy atom. The highest BCUT2D eigenvalue weighted by molar-refractivity contribution is 5.76. The summed E-state index contributed by atoms with van der Waals surface area (Å²) in [6.45, 7) is 2.46. The van der Waals surface area contributed by atoms with Gasteiger partial charge in [0.2, 0.25) is 6.10 Å². The molecule has 0 aliphatic carbocycles. The van der Waals surface area contributed by atoms with Gasteiger partial charge in [0.05, 0.1) is 13.1 Å². The van der Waals surface area contributed by atoms with Gasteiger partial charge in [-0.3, -0.25) is 10.8 Å². The molecule has 0 aromatic heterocycles. The second-order valence-electron chi connectivity index (χ2n) is 8.19. The van der Waals surface area contributed by atoms with Crippen LogP contribution < -0.4 is 25.7 Å². The van der Waals surface area contributed by atoms with Crippen LogP contribution in [-0.4, -0.2) is 65.1 Å². The maximum absolute atomic E-state index is 12.0. The summed E-state index contributed by atoms with van der Waals surface area (Å²) in [7, 11) is 0. The minimum absolute atomic E-state index is 0.0289. The van der Waals surface area contributed by atoms with Crippen LogP contribution in [-0.2, 0) is 11.3 Å². The van der Waals surface area contributed by atoms with E-state index in [9.17, 15) is 9.90 Å². The molecule has 2 unspecified atom stereocenters. The number of likely N-dealkylation sites (tertiary alicyclic amines) is 1. The fourth-order valence-corrected chi connectivity index (χ4v) is 4.00. The molecule has 0 amide bonds. The minimum atomic E-state index is -1.22. The summed E-state index contributed by atoms with van der Waals surface area (Å²) in [6, 6.07) is 11.9. The Morgan fingerprint density at radius 1 is 1.06 bits per heavy atom. The van der Waals surface area contributed by atoms with E-state index in [0.717, 1.165) is 12.0 Å². The quantitative estimate of drug-likeness (QED) is 0.310. The highest BCUT2D eigenvalue weighted by Crippen LogP contribution is 2.31. The van der Waals surface area contributed by atoms with Crippen molar-refractivity contribution in [3.05, 3.63) is 53.6 Å². The van der Waals surface area contributed by atoms with Gasteiger partial charge in [-0.2, -0.15) is 0 Å². The molecular weight excluding hydrogens is 440 g/mol. The normalized spacial score (nSPS) is 18.3. The van der Waals surface area contributed by atoms with Gasteiger partial charge in [-0.15, -0.1) is 0 Å². The number of carboxylic acids is 1. The van der Waals surface area contributed by atoms with E-state index in [1.54, 1.807) is 52.3 Å². The number of nitrogens with zero attached hydrogens (tertiary/aromatic N) is 2. The maximum atomic E-state index is 12.0. The molecule has 2 aromatic carbocycles. The number of carbonyl (C=O) groups is 1. The number of guanidine groups is 2. The Hall–Kier alpha value is -4.15. The molecule has 1 saturated heterocycles. The van der Waals surface area contributed by atoms with Crippen molar-refractivity contribution >= 4 is 17.9 Å². The highest BCUT2D eigenvalue weighted by atomic mass is 16.5. The lowest BCUT2D eigenvalue weighted by Crippen LogP contribution is -2.37. The molecule has 2 aromatic rings. The van der Waals surface area contributed by atoms with E-state index in [-0.39, 0.29) is 18.0 Å². The first kappa shape index (κ1) is 23.0. The molecule has 2 atom stereocenters. The lowest BCUT2D eigenvalue weighted by Gasteiger charge is -2.20. The van der Waals surface area contributed by atoms with E-state index < -0.39 is 12.1 Å². The fourth-order valence-electron chi connectivity index (χ4n) is 4.00. The van der Waals surface area contributed by atoms with Gasteiger partial charge in [-0.25, -0.2) is 4.79 Å². The van der Waals surface area contributed by atoms with Crippen LogP contribution in [0.2, 0.25) is 0 Å². The minimum Gasteiger partial charge on any atom is -0.491 e. The Morgan fingerprint density at radius 3 is 2.41 bits per heavy atom. The van der Waals surface area contributed by atoms with E-state index in [2.05, 4.69) is 0 Å². The third-order valence-corrected chi connectivity index (χ3v) is 5.80. The van der Waals surface area contributed by atoms with Gasteiger partial charge >= 0.3 is 5.97 Å². The zero-order valence-electron chi connectivity index (χ0n) is 18.6. The Balaban J connectivity index is 1.45. The standard InChI is InChI=1S/C23H28N6O5/c24-22(25)28-8-7-18(13-28)33-16-3-1-14(2-4-16)20(21(30)31)34-17-5-6-19-15(11-17)12-29(23(26)27)9-10-32-19/h1-6,11,18,20H,7-10,12-13H2,(H3,24,25)(H3,26,27)(H,30,31). The molecule has 7 N–H and O–H groups in total. The second kappa shape index (κ2) is 9.77. The molecule has 0 radical (unpaired) electrons. The monoisotopic (exact) mass is 468 g/mol. The summed E-state index contributed by atoms with van der Waals surface area (Å²) in [5.74, 6) is 0.477. The van der Waals surface area contributed by atoms with E-state index in [1.807, 2.05) is 0 Å². The molecule has 34 heavy (non-hydrogen) atoms. The van der Waals surface area contributed by atoms with Crippen LogP contribution in [0.15, 0.2) is 42.5 Å². The number of aliphatic carboxylic acids is 1. The van der Waals surface area contributed by atoms with Gasteiger partial charge in [0.1, 0.15) is 30.0 Å². The predicted octanol–water partition coefficient (Wildman–Crippen LogP) is 1.33. The van der Waals surface area contributed by atoms with Crippen LogP contribution in [0.4, 0.5) is 0 Å². The van der Waals surface area contributed by atoms with Gasteiger partial charge in [-0.05, 0) is 30.3 Å². The molecule has 1 fully saturated rings. The maximum Gasteiger partial charge on any atom is 0.349 e. The van der Waals surface area contributed by atoms with Crippen LogP contribution in [0, 0.1) is 10.8 Å². The Bertz CT molecular complexity index is 1080. The third-order valence-electron chi connectivity index (χ3n) is 5.80. The molecule has 0 saturated carbocycles.